The number of halogens is 1. The summed E-state index contributed by atoms with van der Waals surface area (Å²) < 4.78 is 1.11. The Hall–Kier alpha value is -0.230. The molecular formula is C12H15BrN2S2. The molecule has 5 heteroatoms. The van der Waals surface area contributed by atoms with Gasteiger partial charge >= 0.3 is 0 Å². The van der Waals surface area contributed by atoms with Gasteiger partial charge in [-0.3, -0.25) is 0 Å². The summed E-state index contributed by atoms with van der Waals surface area (Å²) in [4.78, 5) is 5.80. The van der Waals surface area contributed by atoms with Crippen molar-refractivity contribution in [2.45, 2.75) is 32.2 Å². The summed E-state index contributed by atoms with van der Waals surface area (Å²) in [5, 5.41) is 3.10. The Kier molecular flexibility index (Phi) is 3.73. The van der Waals surface area contributed by atoms with Crippen molar-refractivity contribution in [2.75, 3.05) is 0 Å². The molecule has 0 saturated heterocycles. The van der Waals surface area contributed by atoms with Crippen LogP contribution >= 0.6 is 38.6 Å². The minimum atomic E-state index is -0.104. The van der Waals surface area contributed by atoms with E-state index in [1.54, 1.807) is 22.7 Å². The van der Waals surface area contributed by atoms with Gasteiger partial charge in [-0.1, -0.05) is 20.8 Å². The first-order chi connectivity index (χ1) is 7.88. The summed E-state index contributed by atoms with van der Waals surface area (Å²) in [5.74, 6) is 0. The lowest BCUT2D eigenvalue weighted by Gasteiger charge is -2.14. The quantitative estimate of drug-likeness (QED) is 0.890. The third-order valence-corrected chi connectivity index (χ3v) is 5.09. The fourth-order valence-electron chi connectivity index (χ4n) is 1.39. The minimum absolute atomic E-state index is 0.0878. The van der Waals surface area contributed by atoms with Crippen LogP contribution in [0, 0.1) is 0 Å². The molecule has 0 aliphatic rings. The molecule has 0 radical (unpaired) electrons. The molecule has 0 bridgehead atoms. The van der Waals surface area contributed by atoms with Crippen LogP contribution in [-0.2, 0) is 5.41 Å². The zero-order valence-electron chi connectivity index (χ0n) is 10.0. The molecule has 0 fully saturated rings. The molecular weight excluding hydrogens is 316 g/mol. The number of rotatable bonds is 2. The lowest BCUT2D eigenvalue weighted by atomic mass is 9.93. The lowest BCUT2D eigenvalue weighted by Crippen LogP contribution is -2.14. The summed E-state index contributed by atoms with van der Waals surface area (Å²) in [6.45, 7) is 6.50. The van der Waals surface area contributed by atoms with Crippen molar-refractivity contribution in [3.8, 4) is 0 Å². The Morgan fingerprint density at radius 1 is 1.35 bits per heavy atom. The Labute approximate surface area is 118 Å². The molecule has 0 saturated carbocycles. The molecule has 2 heterocycles. The van der Waals surface area contributed by atoms with Crippen LogP contribution in [0.1, 0.15) is 42.4 Å². The zero-order chi connectivity index (χ0) is 12.6. The third-order valence-electron chi connectivity index (χ3n) is 2.46. The summed E-state index contributed by atoms with van der Waals surface area (Å²) in [6, 6.07) is 3.97. The maximum absolute atomic E-state index is 6.22. The second kappa shape index (κ2) is 4.80. The van der Waals surface area contributed by atoms with Crippen molar-refractivity contribution in [3.63, 3.8) is 0 Å². The normalized spacial score (nSPS) is 13.9. The SMILES string of the molecule is CC(C)(C)c1csc(C(N)c2ccc(Br)s2)n1. The molecule has 0 aliphatic carbocycles. The topological polar surface area (TPSA) is 38.9 Å². The molecule has 1 unspecified atom stereocenters. The summed E-state index contributed by atoms with van der Waals surface area (Å²) >= 11 is 6.77. The van der Waals surface area contributed by atoms with Gasteiger partial charge in [0.2, 0.25) is 0 Å². The summed E-state index contributed by atoms with van der Waals surface area (Å²) in [5.41, 5.74) is 7.43. The third kappa shape index (κ3) is 2.96. The van der Waals surface area contributed by atoms with Crippen LogP contribution in [0.3, 0.4) is 0 Å². The number of nitrogens with zero attached hydrogens (tertiary/aromatic N) is 1. The molecule has 92 valence electrons. The van der Waals surface area contributed by atoms with Crippen LogP contribution in [0.2, 0.25) is 0 Å². The first-order valence-electron chi connectivity index (χ1n) is 5.34. The molecule has 17 heavy (non-hydrogen) atoms. The second-order valence-corrected chi connectivity index (χ2v) is 8.32. The first kappa shape index (κ1) is 13.2. The van der Waals surface area contributed by atoms with Gasteiger partial charge in [0.05, 0.1) is 15.5 Å². The Morgan fingerprint density at radius 3 is 2.53 bits per heavy atom. The molecule has 0 aliphatic heterocycles. The minimum Gasteiger partial charge on any atom is -0.318 e. The van der Waals surface area contributed by atoms with Crippen molar-refractivity contribution in [1.82, 2.24) is 4.98 Å². The largest absolute Gasteiger partial charge is 0.318 e. The van der Waals surface area contributed by atoms with E-state index >= 15 is 0 Å². The number of hydrogen-bond acceptors (Lipinski definition) is 4. The van der Waals surface area contributed by atoms with E-state index in [0.717, 1.165) is 19.4 Å². The van der Waals surface area contributed by atoms with E-state index < -0.39 is 0 Å². The van der Waals surface area contributed by atoms with E-state index in [-0.39, 0.29) is 11.5 Å². The van der Waals surface area contributed by atoms with Gasteiger partial charge in [0.25, 0.3) is 0 Å². The van der Waals surface area contributed by atoms with E-state index in [4.69, 9.17) is 5.73 Å². The van der Waals surface area contributed by atoms with Crippen molar-refractivity contribution >= 4 is 38.6 Å². The predicted molar refractivity (Wildman–Crippen MR) is 78.9 cm³/mol. The molecule has 0 amide bonds. The number of nitrogens with two attached hydrogens (primary N) is 1. The number of hydrogen-bond donors (Lipinski definition) is 1. The van der Waals surface area contributed by atoms with E-state index in [1.807, 2.05) is 6.07 Å². The van der Waals surface area contributed by atoms with E-state index in [1.165, 1.54) is 0 Å². The highest BCUT2D eigenvalue weighted by Crippen LogP contribution is 2.33. The average molecular weight is 331 g/mol. The highest BCUT2D eigenvalue weighted by Gasteiger charge is 2.21. The highest BCUT2D eigenvalue weighted by molar-refractivity contribution is 9.11. The molecule has 2 aromatic heterocycles. The van der Waals surface area contributed by atoms with Crippen molar-refractivity contribution in [1.29, 1.82) is 0 Å². The predicted octanol–water partition coefficient (Wildman–Crippen LogP) is 4.31. The van der Waals surface area contributed by atoms with Crippen LogP contribution in [0.15, 0.2) is 21.3 Å². The Balaban J connectivity index is 2.26. The smallest absolute Gasteiger partial charge is 0.115 e. The average Bonchev–Trinajstić information content (AvgIpc) is 2.83. The van der Waals surface area contributed by atoms with Crippen LogP contribution in [0.4, 0.5) is 0 Å². The number of thiophene rings is 1. The first-order valence-corrected chi connectivity index (χ1v) is 7.83. The van der Waals surface area contributed by atoms with Gasteiger partial charge in [-0.2, -0.15) is 0 Å². The summed E-state index contributed by atoms with van der Waals surface area (Å²) in [6.07, 6.45) is 0. The van der Waals surface area contributed by atoms with Gasteiger partial charge in [0.1, 0.15) is 5.01 Å². The Bertz CT molecular complexity index is 511. The monoisotopic (exact) mass is 330 g/mol. The van der Waals surface area contributed by atoms with Crippen molar-refractivity contribution < 1.29 is 0 Å². The van der Waals surface area contributed by atoms with Crippen molar-refractivity contribution in [3.05, 3.63) is 36.9 Å². The fraction of sp³-hybridized carbons (Fsp3) is 0.417. The van der Waals surface area contributed by atoms with Crippen LogP contribution in [0.25, 0.3) is 0 Å². The molecule has 2 aromatic rings. The lowest BCUT2D eigenvalue weighted by molar-refractivity contribution is 0.569. The molecule has 2 rings (SSSR count). The van der Waals surface area contributed by atoms with Gasteiger partial charge in [-0.25, -0.2) is 4.98 Å². The molecule has 2 N–H and O–H groups in total. The van der Waals surface area contributed by atoms with Crippen molar-refractivity contribution in [2.24, 2.45) is 5.73 Å². The van der Waals surface area contributed by atoms with Gasteiger partial charge in [-0.15, -0.1) is 22.7 Å². The Morgan fingerprint density at radius 2 is 2.06 bits per heavy atom. The van der Waals surface area contributed by atoms with Crippen LogP contribution < -0.4 is 5.73 Å². The van der Waals surface area contributed by atoms with E-state index in [0.29, 0.717) is 0 Å². The van der Waals surface area contributed by atoms with E-state index in [9.17, 15) is 0 Å². The van der Waals surface area contributed by atoms with Crippen LogP contribution in [0.5, 0.6) is 0 Å². The second-order valence-electron chi connectivity index (χ2n) is 4.94. The maximum atomic E-state index is 6.22. The highest BCUT2D eigenvalue weighted by atomic mass is 79.9. The van der Waals surface area contributed by atoms with E-state index in [2.05, 4.69) is 53.1 Å². The standard InChI is InChI=1S/C12H15BrN2S2/c1-12(2,3)8-6-16-11(15-8)10(14)7-4-5-9(13)17-7/h4-6,10H,14H2,1-3H3. The number of aromatic nitrogens is 1. The molecule has 0 spiro atoms. The van der Waals surface area contributed by atoms with Crippen LogP contribution in [-0.4, -0.2) is 4.98 Å². The summed E-state index contributed by atoms with van der Waals surface area (Å²) in [7, 11) is 0. The zero-order valence-corrected chi connectivity index (χ0v) is 13.2. The van der Waals surface area contributed by atoms with Gasteiger partial charge in [0.15, 0.2) is 0 Å². The number of thiazole rings is 1. The van der Waals surface area contributed by atoms with Gasteiger partial charge in [-0.05, 0) is 28.1 Å². The molecule has 0 aromatic carbocycles. The van der Waals surface area contributed by atoms with Gasteiger partial charge in [0, 0.05) is 15.7 Å². The van der Waals surface area contributed by atoms with Gasteiger partial charge < -0.3 is 5.73 Å². The maximum Gasteiger partial charge on any atom is 0.115 e. The fourth-order valence-corrected chi connectivity index (χ4v) is 3.96. The molecule has 1 atom stereocenters. The molecule has 2 nitrogen and oxygen atoms in total.